The van der Waals surface area contributed by atoms with Crippen LogP contribution in [0.4, 0.5) is 5.69 Å². The fourth-order valence-corrected chi connectivity index (χ4v) is 4.68. The molecule has 5 nitrogen and oxygen atoms in total. The lowest BCUT2D eigenvalue weighted by Gasteiger charge is -2.15. The number of hydrogen-bond donors (Lipinski definition) is 1. The lowest BCUT2D eigenvalue weighted by atomic mass is 10.1. The molecule has 2 heterocycles. The number of aryl methyl sites for hydroxylation is 1. The SMILES string of the molecule is O=C(O)CCCc1ccc(N2C(=O)/C(=C\c3ccc(-c4ccc(Cl)cc4)o3)SC2=S)cc1. The molecule has 0 unspecified atom stereocenters. The van der Waals surface area contributed by atoms with Crippen molar-refractivity contribution < 1.29 is 19.1 Å². The molecular weight excluding hydrogens is 466 g/mol. The predicted octanol–water partition coefficient (Wildman–Crippen LogP) is 6.41. The van der Waals surface area contributed by atoms with Crippen LogP contribution in [0.15, 0.2) is 70.0 Å². The van der Waals surface area contributed by atoms with Gasteiger partial charge in [0, 0.05) is 23.1 Å². The number of amides is 1. The first kappa shape index (κ1) is 22.3. The highest BCUT2D eigenvalue weighted by Crippen LogP contribution is 2.36. The van der Waals surface area contributed by atoms with Gasteiger partial charge in [-0.3, -0.25) is 14.5 Å². The van der Waals surface area contributed by atoms with E-state index in [1.165, 1.54) is 16.7 Å². The zero-order valence-corrected chi connectivity index (χ0v) is 19.2. The largest absolute Gasteiger partial charge is 0.481 e. The highest BCUT2D eigenvalue weighted by molar-refractivity contribution is 8.27. The quantitative estimate of drug-likeness (QED) is 0.309. The van der Waals surface area contributed by atoms with E-state index in [9.17, 15) is 9.59 Å². The lowest BCUT2D eigenvalue weighted by Crippen LogP contribution is -2.27. The van der Waals surface area contributed by atoms with Crippen molar-refractivity contribution in [2.45, 2.75) is 19.3 Å². The van der Waals surface area contributed by atoms with E-state index in [1.807, 2.05) is 48.5 Å². The number of carboxylic acids is 1. The molecule has 0 saturated carbocycles. The zero-order valence-electron chi connectivity index (χ0n) is 16.8. The first-order chi connectivity index (χ1) is 15.4. The molecule has 1 N–H and O–H groups in total. The Kier molecular flexibility index (Phi) is 6.79. The fourth-order valence-electron chi connectivity index (χ4n) is 3.27. The van der Waals surface area contributed by atoms with Crippen LogP contribution in [0.1, 0.15) is 24.2 Å². The molecule has 32 heavy (non-hydrogen) atoms. The molecule has 0 atom stereocenters. The van der Waals surface area contributed by atoms with Gasteiger partial charge in [-0.1, -0.05) is 47.7 Å². The van der Waals surface area contributed by atoms with Gasteiger partial charge in [0.15, 0.2) is 4.32 Å². The summed E-state index contributed by atoms with van der Waals surface area (Å²) >= 11 is 12.6. The van der Waals surface area contributed by atoms with E-state index in [0.29, 0.717) is 44.3 Å². The number of furan rings is 1. The van der Waals surface area contributed by atoms with Crippen molar-refractivity contribution in [2.75, 3.05) is 4.90 Å². The third-order valence-electron chi connectivity index (χ3n) is 4.87. The second kappa shape index (κ2) is 9.73. The number of benzene rings is 2. The number of anilines is 1. The van der Waals surface area contributed by atoms with E-state index in [0.717, 1.165) is 11.1 Å². The van der Waals surface area contributed by atoms with Gasteiger partial charge in [0.25, 0.3) is 5.91 Å². The average molecular weight is 484 g/mol. The van der Waals surface area contributed by atoms with E-state index >= 15 is 0 Å². The van der Waals surface area contributed by atoms with Crippen LogP contribution < -0.4 is 4.90 Å². The minimum Gasteiger partial charge on any atom is -0.481 e. The molecule has 3 aromatic rings. The summed E-state index contributed by atoms with van der Waals surface area (Å²) in [4.78, 5) is 25.6. The van der Waals surface area contributed by atoms with Gasteiger partial charge in [-0.05, 0) is 66.9 Å². The monoisotopic (exact) mass is 483 g/mol. The molecule has 162 valence electrons. The van der Waals surface area contributed by atoms with Crippen molar-refractivity contribution in [3.63, 3.8) is 0 Å². The van der Waals surface area contributed by atoms with Gasteiger partial charge in [0.1, 0.15) is 11.5 Å². The standard InChI is InChI=1S/C24H18ClNO4S2/c25-17-8-6-16(7-9-17)20-13-12-19(30-20)14-21-23(29)26(24(31)32-21)18-10-4-15(5-11-18)2-1-3-22(27)28/h4-14H,1-3H2,(H,27,28)/b21-14+. The molecule has 1 aliphatic heterocycles. The number of rotatable bonds is 7. The summed E-state index contributed by atoms with van der Waals surface area (Å²) in [7, 11) is 0. The van der Waals surface area contributed by atoms with Crippen molar-refractivity contribution in [1.82, 2.24) is 0 Å². The normalized spacial score (nSPS) is 15.0. The number of thioether (sulfide) groups is 1. The molecule has 8 heteroatoms. The molecule has 1 fully saturated rings. The summed E-state index contributed by atoms with van der Waals surface area (Å²) in [6.07, 6.45) is 3.06. The maximum atomic E-state index is 13.0. The maximum Gasteiger partial charge on any atom is 0.303 e. The molecule has 0 aliphatic carbocycles. The molecule has 0 bridgehead atoms. The van der Waals surface area contributed by atoms with Crippen LogP contribution in [0.25, 0.3) is 17.4 Å². The van der Waals surface area contributed by atoms with Gasteiger partial charge >= 0.3 is 5.97 Å². The number of halogens is 1. The number of carbonyl (C=O) groups excluding carboxylic acids is 1. The molecule has 1 saturated heterocycles. The molecule has 1 amide bonds. The van der Waals surface area contributed by atoms with E-state index < -0.39 is 5.97 Å². The molecule has 1 aromatic heterocycles. The van der Waals surface area contributed by atoms with Crippen LogP contribution in [0.2, 0.25) is 5.02 Å². The summed E-state index contributed by atoms with van der Waals surface area (Å²) in [5.41, 5.74) is 2.59. The number of hydrogen-bond acceptors (Lipinski definition) is 5. The fraction of sp³-hybridized carbons (Fsp3) is 0.125. The Morgan fingerprint density at radius 3 is 2.50 bits per heavy atom. The number of thiocarbonyl (C=S) groups is 1. The van der Waals surface area contributed by atoms with Crippen molar-refractivity contribution in [1.29, 1.82) is 0 Å². The molecule has 4 rings (SSSR count). The lowest BCUT2D eigenvalue weighted by molar-refractivity contribution is -0.137. The van der Waals surface area contributed by atoms with Crippen LogP contribution >= 0.6 is 35.6 Å². The van der Waals surface area contributed by atoms with Crippen LogP contribution in [0.3, 0.4) is 0 Å². The Morgan fingerprint density at radius 1 is 1.09 bits per heavy atom. The Labute approximate surface area is 199 Å². The molecule has 0 spiro atoms. The second-order valence-electron chi connectivity index (χ2n) is 7.14. The second-order valence-corrected chi connectivity index (χ2v) is 9.25. The van der Waals surface area contributed by atoms with Crippen molar-refractivity contribution in [3.05, 3.63) is 81.9 Å². The third kappa shape index (κ3) is 5.12. The third-order valence-corrected chi connectivity index (χ3v) is 6.43. The van der Waals surface area contributed by atoms with Crippen LogP contribution in [0.5, 0.6) is 0 Å². The Balaban J connectivity index is 1.47. The summed E-state index contributed by atoms with van der Waals surface area (Å²) in [6, 6.07) is 18.4. The van der Waals surface area contributed by atoms with E-state index in [2.05, 4.69) is 0 Å². The smallest absolute Gasteiger partial charge is 0.303 e. The molecule has 1 aliphatic rings. The first-order valence-electron chi connectivity index (χ1n) is 9.85. The van der Waals surface area contributed by atoms with Gasteiger partial charge in [-0.15, -0.1) is 0 Å². The van der Waals surface area contributed by atoms with E-state index in [1.54, 1.807) is 18.2 Å². The van der Waals surface area contributed by atoms with Crippen molar-refractivity contribution in [3.8, 4) is 11.3 Å². The molecule has 2 aromatic carbocycles. The number of nitrogens with zero attached hydrogens (tertiary/aromatic N) is 1. The van der Waals surface area contributed by atoms with Gasteiger partial charge in [-0.2, -0.15) is 0 Å². The molecule has 0 radical (unpaired) electrons. The highest BCUT2D eigenvalue weighted by Gasteiger charge is 2.33. The first-order valence-corrected chi connectivity index (χ1v) is 11.5. The maximum absolute atomic E-state index is 13.0. The number of carboxylic acid groups (broad SMARTS) is 1. The van der Waals surface area contributed by atoms with Crippen LogP contribution in [0, 0.1) is 0 Å². The van der Waals surface area contributed by atoms with Gasteiger partial charge < -0.3 is 9.52 Å². The number of aliphatic carboxylic acids is 1. The highest BCUT2D eigenvalue weighted by atomic mass is 35.5. The van der Waals surface area contributed by atoms with Crippen molar-refractivity contribution >= 4 is 63.5 Å². The Bertz CT molecular complexity index is 1200. The minimum atomic E-state index is -0.803. The summed E-state index contributed by atoms with van der Waals surface area (Å²) in [5.74, 6) is 0.233. The predicted molar refractivity (Wildman–Crippen MR) is 132 cm³/mol. The van der Waals surface area contributed by atoms with Gasteiger partial charge in [-0.25, -0.2) is 0 Å². The van der Waals surface area contributed by atoms with E-state index in [-0.39, 0.29) is 12.3 Å². The average Bonchev–Trinajstić information content (AvgIpc) is 3.33. The summed E-state index contributed by atoms with van der Waals surface area (Å²) in [6.45, 7) is 0. The van der Waals surface area contributed by atoms with Crippen LogP contribution in [-0.4, -0.2) is 21.3 Å². The van der Waals surface area contributed by atoms with E-state index in [4.69, 9.17) is 33.3 Å². The van der Waals surface area contributed by atoms with Gasteiger partial charge in [0.05, 0.1) is 10.6 Å². The summed E-state index contributed by atoms with van der Waals surface area (Å²) in [5, 5.41) is 9.41. The van der Waals surface area contributed by atoms with Gasteiger partial charge in [0.2, 0.25) is 0 Å². The Hall–Kier alpha value is -2.87. The summed E-state index contributed by atoms with van der Waals surface area (Å²) < 4.78 is 6.33. The topological polar surface area (TPSA) is 70.8 Å². The van der Waals surface area contributed by atoms with Crippen molar-refractivity contribution in [2.24, 2.45) is 0 Å². The zero-order chi connectivity index (χ0) is 22.7. The Morgan fingerprint density at radius 2 is 1.81 bits per heavy atom. The number of carbonyl (C=O) groups is 2. The molecular formula is C24H18ClNO4S2. The van der Waals surface area contributed by atoms with Crippen LogP contribution in [-0.2, 0) is 16.0 Å². The minimum absolute atomic E-state index is 0.133.